The average molecular weight is 326 g/mol. The fraction of sp³-hybridized carbons (Fsp3) is 0.200. The van der Waals surface area contributed by atoms with Gasteiger partial charge in [-0.1, -0.05) is 0 Å². The van der Waals surface area contributed by atoms with Crippen molar-refractivity contribution in [2.75, 3.05) is 13.2 Å². The highest BCUT2D eigenvalue weighted by molar-refractivity contribution is 7.89. The minimum Gasteiger partial charge on any atom is -0.455 e. The van der Waals surface area contributed by atoms with Crippen LogP contribution in [0.25, 0.3) is 0 Å². The van der Waals surface area contributed by atoms with Crippen LogP contribution in [-0.2, 0) is 24.3 Å². The number of amides is 1. The Morgan fingerprint density at radius 1 is 1.19 bits per heavy atom. The first-order chi connectivity index (χ1) is 9.65. The van der Waals surface area contributed by atoms with Gasteiger partial charge in [-0.25, -0.2) is 21.6 Å². The Labute approximate surface area is 116 Å². The second-order valence-electron chi connectivity index (χ2n) is 3.63. The average Bonchev–Trinajstić information content (AvgIpc) is 2.40. The molecule has 0 radical (unpaired) electrons. The van der Waals surface area contributed by atoms with Crippen LogP contribution in [0, 0.1) is 17.5 Å². The van der Waals surface area contributed by atoms with Gasteiger partial charge in [-0.05, 0) is 12.1 Å². The van der Waals surface area contributed by atoms with Gasteiger partial charge in [-0.2, -0.15) is 4.72 Å². The van der Waals surface area contributed by atoms with Crippen LogP contribution in [0.15, 0.2) is 17.0 Å². The fourth-order valence-corrected chi connectivity index (χ4v) is 2.19. The second-order valence-corrected chi connectivity index (χ2v) is 5.36. The van der Waals surface area contributed by atoms with Crippen molar-refractivity contribution in [2.24, 2.45) is 5.73 Å². The first kappa shape index (κ1) is 16.9. The summed E-state index contributed by atoms with van der Waals surface area (Å²) in [5, 5.41) is 0. The molecular formula is C10H9F3N2O5S. The molecule has 0 aliphatic carbocycles. The number of sulfonamides is 1. The van der Waals surface area contributed by atoms with Crippen LogP contribution in [0.4, 0.5) is 13.2 Å². The van der Waals surface area contributed by atoms with Gasteiger partial charge in [0.2, 0.25) is 10.0 Å². The molecule has 1 amide bonds. The number of nitrogens with one attached hydrogen (secondary N) is 1. The summed E-state index contributed by atoms with van der Waals surface area (Å²) in [6.45, 7) is -1.71. The van der Waals surface area contributed by atoms with Crippen molar-refractivity contribution in [3.63, 3.8) is 0 Å². The molecule has 116 valence electrons. The van der Waals surface area contributed by atoms with E-state index in [1.54, 1.807) is 4.72 Å². The smallest absolute Gasteiger partial charge is 0.321 e. The maximum Gasteiger partial charge on any atom is 0.321 e. The van der Waals surface area contributed by atoms with Crippen molar-refractivity contribution < 1.29 is 35.9 Å². The van der Waals surface area contributed by atoms with Gasteiger partial charge in [-0.3, -0.25) is 9.59 Å². The Morgan fingerprint density at radius 3 is 2.38 bits per heavy atom. The summed E-state index contributed by atoms with van der Waals surface area (Å²) in [6, 6.07) is 0.906. The SMILES string of the molecule is NC(=O)COC(=O)CNS(=O)(=O)c1ccc(F)c(F)c1F. The van der Waals surface area contributed by atoms with Crippen LogP contribution >= 0.6 is 0 Å². The third-order valence-corrected chi connectivity index (χ3v) is 3.49. The summed E-state index contributed by atoms with van der Waals surface area (Å²) in [5.74, 6) is -7.58. The Kier molecular flexibility index (Phi) is 5.27. The van der Waals surface area contributed by atoms with Gasteiger partial charge in [-0.15, -0.1) is 0 Å². The van der Waals surface area contributed by atoms with Gasteiger partial charge in [0.25, 0.3) is 5.91 Å². The number of primary amides is 1. The molecule has 1 aromatic rings. The highest BCUT2D eigenvalue weighted by Gasteiger charge is 2.24. The van der Waals surface area contributed by atoms with E-state index in [1.807, 2.05) is 0 Å². The van der Waals surface area contributed by atoms with Gasteiger partial charge in [0.05, 0.1) is 0 Å². The van der Waals surface area contributed by atoms with Crippen LogP contribution < -0.4 is 10.5 Å². The first-order valence-corrected chi connectivity index (χ1v) is 6.70. The molecule has 1 aromatic carbocycles. The van der Waals surface area contributed by atoms with E-state index in [0.717, 1.165) is 0 Å². The number of halogens is 3. The zero-order valence-electron chi connectivity index (χ0n) is 10.2. The van der Waals surface area contributed by atoms with Crippen molar-refractivity contribution in [1.82, 2.24) is 4.72 Å². The third kappa shape index (κ3) is 4.43. The lowest BCUT2D eigenvalue weighted by molar-refractivity contribution is -0.146. The minimum atomic E-state index is -4.61. The lowest BCUT2D eigenvalue weighted by atomic mass is 10.3. The molecule has 0 aromatic heterocycles. The van der Waals surface area contributed by atoms with Crippen molar-refractivity contribution >= 4 is 21.9 Å². The van der Waals surface area contributed by atoms with E-state index in [0.29, 0.717) is 12.1 Å². The number of carbonyl (C=O) groups is 2. The lowest BCUT2D eigenvalue weighted by Crippen LogP contribution is -2.33. The molecule has 3 N–H and O–H groups in total. The van der Waals surface area contributed by atoms with E-state index in [9.17, 15) is 31.2 Å². The molecule has 0 unspecified atom stereocenters. The molecular weight excluding hydrogens is 317 g/mol. The predicted molar refractivity (Wildman–Crippen MR) is 61.7 cm³/mol. The van der Waals surface area contributed by atoms with Crippen LogP contribution in [0.5, 0.6) is 0 Å². The van der Waals surface area contributed by atoms with E-state index in [4.69, 9.17) is 0 Å². The standard InChI is InChI=1S/C10H9F3N2O5S/c11-5-1-2-6(10(13)9(5)12)21(18,19)15-3-8(17)20-4-7(14)16/h1-2,15H,3-4H2,(H2,14,16). The zero-order valence-corrected chi connectivity index (χ0v) is 11.0. The van der Waals surface area contributed by atoms with Gasteiger partial charge < -0.3 is 10.5 Å². The quantitative estimate of drug-likeness (QED) is 0.535. The van der Waals surface area contributed by atoms with Crippen LogP contribution in [0.1, 0.15) is 0 Å². The third-order valence-electron chi connectivity index (χ3n) is 2.07. The van der Waals surface area contributed by atoms with Crippen molar-refractivity contribution in [2.45, 2.75) is 4.90 Å². The molecule has 0 bridgehead atoms. The fourth-order valence-electron chi connectivity index (χ4n) is 1.15. The Hall–Kier alpha value is -2.14. The van der Waals surface area contributed by atoms with E-state index < -0.39 is 57.4 Å². The lowest BCUT2D eigenvalue weighted by Gasteiger charge is -2.08. The first-order valence-electron chi connectivity index (χ1n) is 5.22. The molecule has 0 fully saturated rings. The molecule has 21 heavy (non-hydrogen) atoms. The van der Waals surface area contributed by atoms with E-state index in [-0.39, 0.29) is 0 Å². The highest BCUT2D eigenvalue weighted by atomic mass is 32.2. The monoisotopic (exact) mass is 326 g/mol. The minimum absolute atomic E-state index is 0.415. The molecule has 0 atom stereocenters. The summed E-state index contributed by atoms with van der Waals surface area (Å²) in [5.41, 5.74) is 4.68. The number of hydrogen-bond donors (Lipinski definition) is 2. The molecule has 0 saturated carbocycles. The summed E-state index contributed by atoms with van der Waals surface area (Å²) in [7, 11) is -4.61. The number of esters is 1. The molecule has 7 nitrogen and oxygen atoms in total. The van der Waals surface area contributed by atoms with Crippen molar-refractivity contribution in [3.05, 3.63) is 29.6 Å². The molecule has 0 aliphatic heterocycles. The molecule has 1 rings (SSSR count). The molecule has 0 spiro atoms. The molecule has 0 heterocycles. The predicted octanol–water partition coefficient (Wildman–Crippen LogP) is -0.589. The number of nitrogens with two attached hydrogens (primary N) is 1. The van der Waals surface area contributed by atoms with Gasteiger partial charge in [0.1, 0.15) is 11.4 Å². The summed E-state index contributed by atoms with van der Waals surface area (Å²) in [4.78, 5) is 20.2. The van der Waals surface area contributed by atoms with E-state index >= 15 is 0 Å². The van der Waals surface area contributed by atoms with Crippen LogP contribution in [-0.4, -0.2) is 33.4 Å². The van der Waals surface area contributed by atoms with Crippen LogP contribution in [0.2, 0.25) is 0 Å². The molecule has 11 heteroatoms. The largest absolute Gasteiger partial charge is 0.455 e. The summed E-state index contributed by atoms with van der Waals surface area (Å²) >= 11 is 0. The molecule has 0 aliphatic rings. The van der Waals surface area contributed by atoms with Gasteiger partial charge in [0, 0.05) is 0 Å². The van der Waals surface area contributed by atoms with E-state index in [2.05, 4.69) is 10.5 Å². The Balaban J connectivity index is 2.81. The number of hydrogen-bond acceptors (Lipinski definition) is 5. The Morgan fingerprint density at radius 2 is 1.81 bits per heavy atom. The highest BCUT2D eigenvalue weighted by Crippen LogP contribution is 2.19. The zero-order chi connectivity index (χ0) is 16.2. The maximum atomic E-state index is 13.3. The number of rotatable bonds is 6. The van der Waals surface area contributed by atoms with Gasteiger partial charge >= 0.3 is 5.97 Å². The topological polar surface area (TPSA) is 116 Å². The normalized spacial score (nSPS) is 11.2. The van der Waals surface area contributed by atoms with Crippen LogP contribution in [0.3, 0.4) is 0 Å². The van der Waals surface area contributed by atoms with Gasteiger partial charge in [0.15, 0.2) is 24.1 Å². The number of carbonyl (C=O) groups excluding carboxylic acids is 2. The van der Waals surface area contributed by atoms with E-state index in [1.165, 1.54) is 0 Å². The second kappa shape index (κ2) is 6.54. The van der Waals surface area contributed by atoms with Crippen molar-refractivity contribution in [1.29, 1.82) is 0 Å². The van der Waals surface area contributed by atoms with Crippen molar-refractivity contribution in [3.8, 4) is 0 Å². The summed E-state index contributed by atoms with van der Waals surface area (Å²) in [6.07, 6.45) is 0. The Bertz CT molecular complexity index is 678. The maximum absolute atomic E-state index is 13.3. The summed E-state index contributed by atoms with van der Waals surface area (Å²) < 4.78 is 68.0. The number of ether oxygens (including phenoxy) is 1. The molecule has 0 saturated heterocycles. The number of benzene rings is 1.